The average molecular weight is 454 g/mol. The van der Waals surface area contributed by atoms with Crippen LogP contribution < -0.4 is 10.6 Å². The van der Waals surface area contributed by atoms with Crippen molar-refractivity contribution in [3.63, 3.8) is 0 Å². The van der Waals surface area contributed by atoms with Gasteiger partial charge in [-0.25, -0.2) is 9.59 Å². The summed E-state index contributed by atoms with van der Waals surface area (Å²) in [4.78, 5) is 38.6. The molecule has 0 aliphatic heterocycles. The van der Waals surface area contributed by atoms with E-state index in [1.165, 1.54) is 0 Å². The van der Waals surface area contributed by atoms with Gasteiger partial charge in [-0.15, -0.1) is 0 Å². The fourth-order valence-corrected chi connectivity index (χ4v) is 4.11. The number of benzene rings is 2. The van der Waals surface area contributed by atoms with Crippen molar-refractivity contribution in [2.24, 2.45) is 5.92 Å². The Morgan fingerprint density at radius 1 is 0.970 bits per heavy atom. The number of rotatable bonds is 9. The summed E-state index contributed by atoms with van der Waals surface area (Å²) in [6.45, 7) is 3.73. The van der Waals surface area contributed by atoms with Gasteiger partial charge >= 0.3 is 12.1 Å². The van der Waals surface area contributed by atoms with Crippen molar-refractivity contribution in [1.82, 2.24) is 15.5 Å². The number of carbonyl (C=O) groups excluding carboxylic acids is 2. The highest BCUT2D eigenvalue weighted by atomic mass is 16.5. The van der Waals surface area contributed by atoms with Gasteiger partial charge in [-0.3, -0.25) is 4.79 Å². The maximum Gasteiger partial charge on any atom is 0.407 e. The van der Waals surface area contributed by atoms with Crippen molar-refractivity contribution in [2.75, 3.05) is 27.2 Å². The van der Waals surface area contributed by atoms with E-state index in [4.69, 9.17) is 4.74 Å². The molecule has 0 spiro atoms. The molecule has 0 saturated heterocycles. The van der Waals surface area contributed by atoms with Gasteiger partial charge in [0.25, 0.3) is 0 Å². The Morgan fingerprint density at radius 3 is 2.00 bits per heavy atom. The highest BCUT2D eigenvalue weighted by Crippen LogP contribution is 2.44. The van der Waals surface area contributed by atoms with Crippen LogP contribution >= 0.6 is 0 Å². The molecule has 2 atom stereocenters. The van der Waals surface area contributed by atoms with Crippen LogP contribution in [0.5, 0.6) is 0 Å². The van der Waals surface area contributed by atoms with Crippen LogP contribution in [0.3, 0.4) is 0 Å². The Morgan fingerprint density at radius 2 is 1.52 bits per heavy atom. The summed E-state index contributed by atoms with van der Waals surface area (Å²) in [6.07, 6.45) is -0.727. The number of nitrogens with zero attached hydrogens (tertiary/aromatic N) is 1. The van der Waals surface area contributed by atoms with Gasteiger partial charge in [0.15, 0.2) is 0 Å². The van der Waals surface area contributed by atoms with Gasteiger partial charge in [0.05, 0.1) is 0 Å². The SMILES string of the molecule is CC(C)C(NC(=O)C(CN(C)C)NC(=O)OCC1c2ccccc2-c2ccccc21)C(=O)O. The molecule has 0 fully saturated rings. The second-order valence-electron chi connectivity index (χ2n) is 8.85. The highest BCUT2D eigenvalue weighted by molar-refractivity contribution is 5.89. The zero-order valence-electron chi connectivity index (χ0n) is 19.4. The fraction of sp³-hybridized carbons (Fsp3) is 0.400. The summed E-state index contributed by atoms with van der Waals surface area (Å²) in [5.41, 5.74) is 4.44. The lowest BCUT2D eigenvalue weighted by Crippen LogP contribution is -2.56. The van der Waals surface area contributed by atoms with Crippen molar-refractivity contribution < 1.29 is 24.2 Å². The van der Waals surface area contributed by atoms with Crippen molar-refractivity contribution in [3.8, 4) is 11.1 Å². The topological polar surface area (TPSA) is 108 Å². The molecule has 3 rings (SSSR count). The van der Waals surface area contributed by atoms with E-state index in [2.05, 4.69) is 22.8 Å². The first kappa shape index (κ1) is 24.3. The van der Waals surface area contributed by atoms with Crippen LogP contribution in [0.1, 0.15) is 30.9 Å². The quantitative estimate of drug-likeness (QED) is 0.539. The van der Waals surface area contributed by atoms with E-state index in [1.807, 2.05) is 36.4 Å². The van der Waals surface area contributed by atoms with E-state index in [-0.39, 0.29) is 25.0 Å². The molecular formula is C25H31N3O5. The second kappa shape index (κ2) is 10.5. The predicted octanol–water partition coefficient (Wildman–Crippen LogP) is 2.68. The number of amides is 2. The summed E-state index contributed by atoms with van der Waals surface area (Å²) >= 11 is 0. The maximum atomic E-state index is 12.7. The molecule has 8 nitrogen and oxygen atoms in total. The van der Waals surface area contributed by atoms with E-state index in [1.54, 1.807) is 32.8 Å². The molecule has 1 aliphatic carbocycles. The third kappa shape index (κ3) is 5.70. The number of hydrogen-bond donors (Lipinski definition) is 3. The summed E-state index contributed by atoms with van der Waals surface area (Å²) in [7, 11) is 3.52. The number of hydrogen-bond acceptors (Lipinski definition) is 5. The van der Waals surface area contributed by atoms with Crippen LogP contribution in [0.2, 0.25) is 0 Å². The maximum absolute atomic E-state index is 12.7. The van der Waals surface area contributed by atoms with Crippen LogP contribution in [0.4, 0.5) is 4.79 Å². The van der Waals surface area contributed by atoms with Crippen molar-refractivity contribution in [3.05, 3.63) is 59.7 Å². The smallest absolute Gasteiger partial charge is 0.407 e. The number of nitrogens with one attached hydrogen (secondary N) is 2. The summed E-state index contributed by atoms with van der Waals surface area (Å²) < 4.78 is 5.54. The summed E-state index contributed by atoms with van der Waals surface area (Å²) in [6, 6.07) is 14.0. The van der Waals surface area contributed by atoms with Gasteiger partial charge in [0.1, 0.15) is 18.7 Å². The van der Waals surface area contributed by atoms with E-state index in [0.29, 0.717) is 0 Å². The van der Waals surface area contributed by atoms with Crippen LogP contribution in [0.25, 0.3) is 11.1 Å². The fourth-order valence-electron chi connectivity index (χ4n) is 4.11. The van der Waals surface area contributed by atoms with Gasteiger partial charge < -0.3 is 25.4 Å². The molecule has 8 heteroatoms. The first-order valence-electron chi connectivity index (χ1n) is 11.0. The van der Waals surface area contributed by atoms with Crippen molar-refractivity contribution in [1.29, 1.82) is 0 Å². The second-order valence-corrected chi connectivity index (χ2v) is 8.85. The zero-order chi connectivity index (χ0) is 24.1. The van der Waals surface area contributed by atoms with E-state index in [9.17, 15) is 19.5 Å². The monoisotopic (exact) mass is 453 g/mol. The third-order valence-electron chi connectivity index (χ3n) is 5.73. The lowest BCUT2D eigenvalue weighted by atomic mass is 9.98. The van der Waals surface area contributed by atoms with Crippen LogP contribution in [-0.2, 0) is 14.3 Å². The largest absolute Gasteiger partial charge is 0.480 e. The Balaban J connectivity index is 1.67. The molecule has 33 heavy (non-hydrogen) atoms. The molecule has 0 heterocycles. The minimum atomic E-state index is -1.12. The first-order chi connectivity index (χ1) is 15.7. The molecule has 0 bridgehead atoms. The number of alkyl carbamates (subject to hydrolysis) is 1. The number of carbonyl (C=O) groups is 3. The molecule has 176 valence electrons. The van der Waals surface area contributed by atoms with Gasteiger partial charge in [-0.1, -0.05) is 62.4 Å². The first-order valence-corrected chi connectivity index (χ1v) is 11.0. The number of carboxylic acids is 1. The molecule has 3 N–H and O–H groups in total. The molecule has 2 aromatic carbocycles. The van der Waals surface area contributed by atoms with Crippen molar-refractivity contribution in [2.45, 2.75) is 31.8 Å². The molecule has 1 aliphatic rings. The van der Waals surface area contributed by atoms with Crippen LogP contribution in [-0.4, -0.2) is 67.3 Å². The Hall–Kier alpha value is -3.39. The standard InChI is InChI=1S/C25H31N3O5/c1-15(2)22(24(30)31)27-23(29)21(13-28(3)4)26-25(32)33-14-20-18-11-7-5-9-16(18)17-10-6-8-12-19(17)20/h5-12,15,20-22H,13-14H2,1-4H3,(H,26,32)(H,27,29)(H,30,31). The third-order valence-corrected chi connectivity index (χ3v) is 5.73. The zero-order valence-corrected chi connectivity index (χ0v) is 19.4. The van der Waals surface area contributed by atoms with Crippen LogP contribution in [0.15, 0.2) is 48.5 Å². The highest BCUT2D eigenvalue weighted by Gasteiger charge is 2.31. The molecular weight excluding hydrogens is 422 g/mol. The molecule has 0 radical (unpaired) electrons. The van der Waals surface area contributed by atoms with E-state index >= 15 is 0 Å². The number of likely N-dealkylation sites (N-methyl/N-ethyl adjacent to an activating group) is 1. The number of ether oxygens (including phenoxy) is 1. The molecule has 2 aromatic rings. The Labute approximate surface area is 193 Å². The number of carboxylic acid groups (broad SMARTS) is 1. The van der Waals surface area contributed by atoms with Crippen LogP contribution in [0, 0.1) is 5.92 Å². The number of aliphatic carboxylic acids is 1. The van der Waals surface area contributed by atoms with E-state index in [0.717, 1.165) is 22.3 Å². The Bertz CT molecular complexity index is 975. The van der Waals surface area contributed by atoms with Gasteiger partial charge in [-0.2, -0.15) is 0 Å². The molecule has 0 saturated carbocycles. The predicted molar refractivity (Wildman–Crippen MR) is 125 cm³/mol. The molecule has 0 aromatic heterocycles. The van der Waals surface area contributed by atoms with Gasteiger partial charge in [-0.05, 0) is 42.3 Å². The normalized spacial score (nSPS) is 14.4. The lowest BCUT2D eigenvalue weighted by molar-refractivity contribution is -0.143. The lowest BCUT2D eigenvalue weighted by Gasteiger charge is -2.25. The molecule has 2 unspecified atom stereocenters. The van der Waals surface area contributed by atoms with Gasteiger partial charge in [0.2, 0.25) is 5.91 Å². The van der Waals surface area contributed by atoms with Gasteiger partial charge in [0, 0.05) is 12.5 Å². The summed E-state index contributed by atoms with van der Waals surface area (Å²) in [5.74, 6) is -2.09. The minimum absolute atomic E-state index is 0.0957. The molecule has 2 amide bonds. The van der Waals surface area contributed by atoms with Crippen molar-refractivity contribution >= 4 is 18.0 Å². The average Bonchev–Trinajstić information content (AvgIpc) is 3.08. The Kier molecular flexibility index (Phi) is 7.71. The number of fused-ring (bicyclic) bond motifs is 3. The minimum Gasteiger partial charge on any atom is -0.480 e. The van der Waals surface area contributed by atoms with E-state index < -0.39 is 30.1 Å². The summed E-state index contributed by atoms with van der Waals surface area (Å²) in [5, 5.41) is 14.5.